The van der Waals surface area contributed by atoms with E-state index in [0.717, 1.165) is 10.5 Å². The molecule has 0 fully saturated rings. The molecule has 2 aromatic rings. The molecule has 0 amide bonds. The van der Waals surface area contributed by atoms with E-state index in [9.17, 15) is 4.79 Å². The molecule has 0 aliphatic rings. The molecule has 1 N–H and O–H groups in total. The Morgan fingerprint density at radius 3 is 2.68 bits per heavy atom. The van der Waals surface area contributed by atoms with Crippen molar-refractivity contribution in [3.63, 3.8) is 0 Å². The lowest BCUT2D eigenvalue weighted by atomic mass is 10.2. The van der Waals surface area contributed by atoms with Crippen molar-refractivity contribution in [3.05, 3.63) is 58.7 Å². The smallest absolute Gasteiger partial charge is 0.328 e. The molecule has 5 heteroatoms. The predicted octanol–water partition coefficient (Wildman–Crippen LogP) is 3.73. The van der Waals surface area contributed by atoms with Gasteiger partial charge in [0.2, 0.25) is 5.88 Å². The fourth-order valence-corrected chi connectivity index (χ4v) is 1.72. The second-order valence-electron chi connectivity index (χ2n) is 3.63. The number of nitrogens with zero attached hydrogens (tertiary/aromatic N) is 1. The van der Waals surface area contributed by atoms with Gasteiger partial charge in [-0.2, -0.15) is 0 Å². The van der Waals surface area contributed by atoms with Crippen LogP contribution in [-0.4, -0.2) is 16.1 Å². The molecule has 4 nitrogen and oxygen atoms in total. The van der Waals surface area contributed by atoms with Crippen molar-refractivity contribution in [2.75, 3.05) is 0 Å². The lowest BCUT2D eigenvalue weighted by Gasteiger charge is -2.06. The number of aromatic nitrogens is 1. The fraction of sp³-hybridized carbons (Fsp3) is 0. The van der Waals surface area contributed by atoms with Crippen LogP contribution in [-0.2, 0) is 4.79 Å². The largest absolute Gasteiger partial charge is 0.478 e. The molecule has 0 atom stereocenters. The first-order chi connectivity index (χ1) is 9.15. The highest BCUT2D eigenvalue weighted by Gasteiger charge is 2.02. The van der Waals surface area contributed by atoms with E-state index in [1.165, 1.54) is 6.08 Å². The van der Waals surface area contributed by atoms with Crippen LogP contribution in [0.2, 0.25) is 0 Å². The molecule has 0 saturated heterocycles. The molecule has 1 aromatic carbocycles. The van der Waals surface area contributed by atoms with Gasteiger partial charge in [0.1, 0.15) is 5.75 Å². The Balaban J connectivity index is 2.11. The highest BCUT2D eigenvalue weighted by molar-refractivity contribution is 9.10. The first-order valence-electron chi connectivity index (χ1n) is 5.44. The van der Waals surface area contributed by atoms with Crippen molar-refractivity contribution in [3.8, 4) is 11.6 Å². The van der Waals surface area contributed by atoms with Gasteiger partial charge in [-0.1, -0.05) is 12.1 Å². The molecule has 96 valence electrons. The van der Waals surface area contributed by atoms with Crippen molar-refractivity contribution in [2.45, 2.75) is 0 Å². The fourth-order valence-electron chi connectivity index (χ4n) is 1.36. The van der Waals surface area contributed by atoms with Crippen molar-refractivity contribution >= 4 is 28.0 Å². The summed E-state index contributed by atoms with van der Waals surface area (Å²) >= 11 is 3.38. The molecule has 0 bridgehead atoms. The maximum absolute atomic E-state index is 10.4. The molecule has 0 aliphatic carbocycles. The minimum absolute atomic E-state index is 0.444. The second-order valence-corrected chi connectivity index (χ2v) is 4.49. The van der Waals surface area contributed by atoms with Crippen LogP contribution < -0.4 is 4.74 Å². The number of hydrogen-bond donors (Lipinski definition) is 1. The number of halogens is 1. The highest BCUT2D eigenvalue weighted by atomic mass is 79.9. The lowest BCUT2D eigenvalue weighted by Crippen LogP contribution is -1.89. The van der Waals surface area contributed by atoms with Gasteiger partial charge in [-0.05, 0) is 45.8 Å². The number of carboxylic acid groups (broad SMARTS) is 1. The number of ether oxygens (including phenoxy) is 1. The number of para-hydroxylation sites is 1. The summed E-state index contributed by atoms with van der Waals surface area (Å²) in [7, 11) is 0. The Bertz CT molecular complexity index is 608. The van der Waals surface area contributed by atoms with Crippen LogP contribution in [0.5, 0.6) is 11.6 Å². The standard InChI is InChI=1S/C14H10BrNO3/c15-11-3-1-2-4-12(11)19-13-7-5-10(9-16-13)6-8-14(17)18/h1-9H,(H,17,18)/b8-6+. The van der Waals surface area contributed by atoms with Crippen LogP contribution in [0.4, 0.5) is 0 Å². The number of pyridine rings is 1. The van der Waals surface area contributed by atoms with Crippen LogP contribution in [0.3, 0.4) is 0 Å². The van der Waals surface area contributed by atoms with Crippen molar-refractivity contribution in [1.82, 2.24) is 4.98 Å². The number of aliphatic carboxylic acids is 1. The molecule has 0 saturated carbocycles. The molecular weight excluding hydrogens is 310 g/mol. The first-order valence-corrected chi connectivity index (χ1v) is 6.24. The van der Waals surface area contributed by atoms with Gasteiger partial charge in [0.05, 0.1) is 4.47 Å². The molecular formula is C14H10BrNO3. The zero-order valence-electron chi connectivity index (χ0n) is 9.79. The molecule has 19 heavy (non-hydrogen) atoms. The molecule has 0 spiro atoms. The monoisotopic (exact) mass is 319 g/mol. The summed E-state index contributed by atoms with van der Waals surface area (Å²) in [5.74, 6) is 0.122. The van der Waals surface area contributed by atoms with Crippen molar-refractivity contribution in [2.24, 2.45) is 0 Å². The predicted molar refractivity (Wildman–Crippen MR) is 75.1 cm³/mol. The third-order valence-electron chi connectivity index (χ3n) is 2.23. The van der Waals surface area contributed by atoms with Gasteiger partial charge in [0.15, 0.2) is 0 Å². The van der Waals surface area contributed by atoms with Crippen LogP contribution in [0.1, 0.15) is 5.56 Å². The Morgan fingerprint density at radius 2 is 2.05 bits per heavy atom. The van der Waals surface area contributed by atoms with Gasteiger partial charge in [-0.25, -0.2) is 9.78 Å². The molecule has 0 aliphatic heterocycles. The van der Waals surface area contributed by atoms with E-state index >= 15 is 0 Å². The average Bonchev–Trinajstić information content (AvgIpc) is 2.40. The van der Waals surface area contributed by atoms with E-state index in [0.29, 0.717) is 17.2 Å². The average molecular weight is 320 g/mol. The summed E-state index contributed by atoms with van der Waals surface area (Å²) in [6.07, 6.45) is 4.08. The zero-order chi connectivity index (χ0) is 13.7. The van der Waals surface area contributed by atoms with Gasteiger partial charge >= 0.3 is 5.97 Å². The third-order valence-corrected chi connectivity index (χ3v) is 2.88. The third kappa shape index (κ3) is 3.93. The highest BCUT2D eigenvalue weighted by Crippen LogP contribution is 2.28. The van der Waals surface area contributed by atoms with E-state index in [-0.39, 0.29) is 0 Å². The summed E-state index contributed by atoms with van der Waals surface area (Å²) in [6, 6.07) is 10.9. The Hall–Kier alpha value is -2.14. The lowest BCUT2D eigenvalue weighted by molar-refractivity contribution is -0.131. The van der Waals surface area contributed by atoms with E-state index in [1.807, 2.05) is 24.3 Å². The molecule has 0 unspecified atom stereocenters. The molecule has 1 heterocycles. The van der Waals surface area contributed by atoms with E-state index in [1.54, 1.807) is 18.3 Å². The van der Waals surface area contributed by atoms with Crippen molar-refractivity contribution < 1.29 is 14.6 Å². The van der Waals surface area contributed by atoms with Gasteiger partial charge in [-0.15, -0.1) is 0 Å². The summed E-state index contributed by atoms with van der Waals surface area (Å²) < 4.78 is 6.43. The Kier molecular flexibility index (Phi) is 4.30. The maximum atomic E-state index is 10.4. The Labute approximate surface area is 118 Å². The second kappa shape index (κ2) is 6.15. The van der Waals surface area contributed by atoms with Crippen LogP contribution in [0.15, 0.2) is 53.1 Å². The number of benzene rings is 1. The SMILES string of the molecule is O=C(O)/C=C/c1ccc(Oc2ccccc2Br)nc1. The van der Waals surface area contributed by atoms with Crippen LogP contribution >= 0.6 is 15.9 Å². The normalized spacial score (nSPS) is 10.6. The summed E-state index contributed by atoms with van der Waals surface area (Å²) in [6.45, 7) is 0. The zero-order valence-corrected chi connectivity index (χ0v) is 11.4. The van der Waals surface area contributed by atoms with E-state index < -0.39 is 5.97 Å². The van der Waals surface area contributed by atoms with Crippen molar-refractivity contribution in [1.29, 1.82) is 0 Å². The number of hydrogen-bond acceptors (Lipinski definition) is 3. The topological polar surface area (TPSA) is 59.4 Å². The summed E-state index contributed by atoms with van der Waals surface area (Å²) in [5, 5.41) is 8.52. The molecule has 1 aromatic heterocycles. The van der Waals surface area contributed by atoms with Gasteiger partial charge in [0.25, 0.3) is 0 Å². The number of rotatable bonds is 4. The van der Waals surface area contributed by atoms with Crippen LogP contribution in [0, 0.1) is 0 Å². The summed E-state index contributed by atoms with van der Waals surface area (Å²) in [4.78, 5) is 14.5. The maximum Gasteiger partial charge on any atom is 0.328 e. The summed E-state index contributed by atoms with van der Waals surface area (Å²) in [5.41, 5.74) is 0.696. The van der Waals surface area contributed by atoms with Gasteiger partial charge in [-0.3, -0.25) is 0 Å². The minimum Gasteiger partial charge on any atom is -0.478 e. The van der Waals surface area contributed by atoms with Gasteiger partial charge < -0.3 is 9.84 Å². The number of carboxylic acids is 1. The number of carbonyl (C=O) groups is 1. The van der Waals surface area contributed by atoms with E-state index in [4.69, 9.17) is 9.84 Å². The molecule has 2 rings (SSSR count). The minimum atomic E-state index is -0.992. The molecule has 0 radical (unpaired) electrons. The first kappa shape index (κ1) is 13.3. The quantitative estimate of drug-likeness (QED) is 0.872. The van der Waals surface area contributed by atoms with E-state index in [2.05, 4.69) is 20.9 Å². The van der Waals surface area contributed by atoms with Crippen LogP contribution in [0.25, 0.3) is 6.08 Å². The Morgan fingerprint density at radius 1 is 1.26 bits per heavy atom. The van der Waals surface area contributed by atoms with Gasteiger partial charge in [0, 0.05) is 18.3 Å².